The molecule has 0 rings (SSSR count). The number of thioether (sulfide) groups is 2. The molecule has 0 aromatic rings. The van der Waals surface area contributed by atoms with Gasteiger partial charge in [-0.15, -0.1) is 0 Å². The molecule has 0 aliphatic rings. The minimum Gasteiger partial charge on any atom is -0.465 e. The van der Waals surface area contributed by atoms with Crippen LogP contribution in [0.2, 0.25) is 0 Å². The molecule has 0 saturated heterocycles. The Morgan fingerprint density at radius 1 is 0.775 bits per heavy atom. The van der Waals surface area contributed by atoms with Crippen LogP contribution >= 0.6 is 48.0 Å². The van der Waals surface area contributed by atoms with Gasteiger partial charge in [-0.1, -0.05) is 96.4 Å². The lowest BCUT2D eigenvalue weighted by Gasteiger charge is -2.40. The molecule has 0 spiro atoms. The lowest BCUT2D eigenvalue weighted by atomic mass is 9.65. The minimum absolute atomic E-state index is 0.0244. The van der Waals surface area contributed by atoms with Crippen molar-refractivity contribution in [3.8, 4) is 0 Å². The first-order valence-electron chi connectivity index (χ1n) is 14.6. The predicted molar refractivity (Wildman–Crippen MR) is 182 cm³/mol. The van der Waals surface area contributed by atoms with Crippen LogP contribution in [0.25, 0.3) is 0 Å². The summed E-state index contributed by atoms with van der Waals surface area (Å²) in [4.78, 5) is 30.8. The van der Waals surface area contributed by atoms with E-state index in [-0.39, 0.29) is 47.8 Å². The molecule has 0 radical (unpaired) electrons. The highest BCUT2D eigenvalue weighted by Crippen LogP contribution is 2.42. The third kappa shape index (κ3) is 13.2. The van der Waals surface area contributed by atoms with E-state index < -0.39 is 4.75 Å². The minimum atomic E-state index is -0.891. The SMILES string of the molecule is CCN(CC)C(=S)SCCOC(=O)C(C)(CCCOC(=O)C(C(C)C(C)(C)C)C(C)(C)C)SC(=S)N(CC)CC. The van der Waals surface area contributed by atoms with Crippen LogP contribution in [0.3, 0.4) is 0 Å². The summed E-state index contributed by atoms with van der Waals surface area (Å²) in [6.45, 7) is 28.8. The van der Waals surface area contributed by atoms with Gasteiger partial charge < -0.3 is 19.3 Å². The summed E-state index contributed by atoms with van der Waals surface area (Å²) in [5.74, 6) is 0.0384. The standard InChI is InChI=1S/C30H56N2O4S4/c1-13-31(14-2)26(37)39-21-20-36-25(34)30(12,40-27(38)32(15-3)16-4)18-17-19-35-24(33)23(29(9,10)11)22(5)28(6,7)8/h22-23H,13-21H2,1-12H3. The molecule has 0 N–H and O–H groups in total. The molecule has 0 fully saturated rings. The van der Waals surface area contributed by atoms with E-state index in [2.05, 4.69) is 72.1 Å². The van der Waals surface area contributed by atoms with Gasteiger partial charge in [-0.05, 0) is 64.2 Å². The molecule has 0 aromatic carbocycles. The third-order valence-corrected chi connectivity index (χ3v) is 10.7. The molecule has 10 heteroatoms. The average Bonchev–Trinajstić information content (AvgIpc) is 2.84. The van der Waals surface area contributed by atoms with E-state index in [9.17, 15) is 9.59 Å². The summed E-state index contributed by atoms with van der Waals surface area (Å²) in [5.41, 5.74) is -0.247. The van der Waals surface area contributed by atoms with Gasteiger partial charge in [-0.25, -0.2) is 0 Å². The highest BCUT2D eigenvalue weighted by Gasteiger charge is 2.42. The number of nitrogens with zero attached hydrogens (tertiary/aromatic N) is 2. The molecule has 0 aromatic heterocycles. The van der Waals surface area contributed by atoms with Crippen molar-refractivity contribution >= 4 is 68.5 Å². The van der Waals surface area contributed by atoms with Crippen molar-refractivity contribution in [2.45, 2.75) is 101 Å². The van der Waals surface area contributed by atoms with Gasteiger partial charge in [0, 0.05) is 31.9 Å². The Bertz CT molecular complexity index is 818. The molecule has 6 nitrogen and oxygen atoms in total. The Morgan fingerprint density at radius 2 is 1.27 bits per heavy atom. The summed E-state index contributed by atoms with van der Waals surface area (Å²) in [7, 11) is 0. The normalized spacial score (nSPS) is 15.0. The second-order valence-electron chi connectivity index (χ2n) is 12.5. The van der Waals surface area contributed by atoms with E-state index in [0.717, 1.165) is 30.5 Å². The molecular formula is C30H56N2O4S4. The second-order valence-corrected chi connectivity index (χ2v) is 16.3. The number of esters is 2. The maximum Gasteiger partial charge on any atom is 0.322 e. The zero-order valence-corrected chi connectivity index (χ0v) is 30.4. The molecule has 40 heavy (non-hydrogen) atoms. The van der Waals surface area contributed by atoms with Crippen LogP contribution in [0.15, 0.2) is 0 Å². The summed E-state index contributed by atoms with van der Waals surface area (Å²) in [6.07, 6.45) is 1.01. The number of hydrogen-bond donors (Lipinski definition) is 0. The third-order valence-electron chi connectivity index (χ3n) is 7.43. The van der Waals surface area contributed by atoms with Gasteiger partial charge >= 0.3 is 11.9 Å². The Balaban J connectivity index is 5.38. The maximum absolute atomic E-state index is 13.4. The monoisotopic (exact) mass is 636 g/mol. The van der Waals surface area contributed by atoms with Crippen LogP contribution in [0.1, 0.15) is 95.9 Å². The fourth-order valence-electron chi connectivity index (χ4n) is 4.40. The Kier molecular flexibility index (Phi) is 17.9. The van der Waals surface area contributed by atoms with Gasteiger partial charge in [0.1, 0.15) is 20.0 Å². The van der Waals surface area contributed by atoms with Crippen LogP contribution in [0.5, 0.6) is 0 Å². The van der Waals surface area contributed by atoms with Crippen molar-refractivity contribution in [1.29, 1.82) is 0 Å². The molecule has 0 aliphatic heterocycles. The van der Waals surface area contributed by atoms with Gasteiger partial charge in [-0.3, -0.25) is 9.59 Å². The number of ether oxygens (including phenoxy) is 2. The first-order chi connectivity index (χ1) is 18.4. The topological polar surface area (TPSA) is 59.1 Å². The van der Waals surface area contributed by atoms with E-state index in [1.807, 2.05) is 20.8 Å². The van der Waals surface area contributed by atoms with E-state index >= 15 is 0 Å². The first kappa shape index (κ1) is 39.4. The van der Waals surface area contributed by atoms with Crippen molar-refractivity contribution in [2.24, 2.45) is 22.7 Å². The molecule has 0 amide bonds. The smallest absolute Gasteiger partial charge is 0.322 e. The molecule has 3 unspecified atom stereocenters. The van der Waals surface area contributed by atoms with E-state index in [4.69, 9.17) is 33.9 Å². The summed E-state index contributed by atoms with van der Waals surface area (Å²) in [5, 5.41) is 0. The molecule has 0 heterocycles. The molecule has 0 bridgehead atoms. The number of rotatable bonds is 15. The number of hydrogen-bond acceptors (Lipinski definition) is 8. The van der Waals surface area contributed by atoms with Crippen LogP contribution in [-0.4, -0.2) is 80.3 Å². The lowest BCUT2D eigenvalue weighted by molar-refractivity contribution is -0.157. The fraction of sp³-hybridized carbons (Fsp3) is 0.867. The van der Waals surface area contributed by atoms with Gasteiger partial charge in [0.05, 0.1) is 12.5 Å². The van der Waals surface area contributed by atoms with Gasteiger partial charge in [0.15, 0.2) is 0 Å². The molecule has 3 atom stereocenters. The van der Waals surface area contributed by atoms with Crippen molar-refractivity contribution in [3.63, 3.8) is 0 Å². The summed E-state index contributed by atoms with van der Waals surface area (Å²) in [6, 6.07) is 0. The van der Waals surface area contributed by atoms with Gasteiger partial charge in [0.2, 0.25) is 0 Å². The van der Waals surface area contributed by atoms with E-state index in [0.29, 0.717) is 22.9 Å². The Labute approximate surface area is 264 Å². The zero-order chi connectivity index (χ0) is 31.3. The van der Waals surface area contributed by atoms with Gasteiger partial charge in [-0.2, -0.15) is 0 Å². The predicted octanol–water partition coefficient (Wildman–Crippen LogP) is 7.68. The van der Waals surface area contributed by atoms with Crippen LogP contribution in [0, 0.1) is 22.7 Å². The van der Waals surface area contributed by atoms with Crippen LogP contribution in [-0.2, 0) is 19.1 Å². The summed E-state index contributed by atoms with van der Waals surface area (Å²) < 4.78 is 12.2. The zero-order valence-electron chi connectivity index (χ0n) is 27.2. The lowest BCUT2D eigenvalue weighted by Crippen LogP contribution is -2.41. The first-order valence-corrected chi connectivity index (χ1v) is 17.2. The van der Waals surface area contributed by atoms with Crippen molar-refractivity contribution in [2.75, 3.05) is 45.1 Å². The highest BCUT2D eigenvalue weighted by molar-refractivity contribution is 8.24. The van der Waals surface area contributed by atoms with E-state index in [1.165, 1.54) is 23.5 Å². The van der Waals surface area contributed by atoms with Crippen molar-refractivity contribution < 1.29 is 19.1 Å². The maximum atomic E-state index is 13.4. The highest BCUT2D eigenvalue weighted by atomic mass is 32.2. The quantitative estimate of drug-likeness (QED) is 0.102. The number of carbonyl (C=O) groups is 2. The largest absolute Gasteiger partial charge is 0.465 e. The van der Waals surface area contributed by atoms with E-state index in [1.54, 1.807) is 0 Å². The Hall–Kier alpha value is -0.580. The number of thiocarbonyl (C=S) groups is 2. The van der Waals surface area contributed by atoms with Crippen molar-refractivity contribution in [3.05, 3.63) is 0 Å². The Morgan fingerprint density at radius 3 is 1.73 bits per heavy atom. The molecule has 0 aliphatic carbocycles. The average molecular weight is 637 g/mol. The number of carbonyl (C=O) groups excluding carboxylic acids is 2. The second kappa shape index (κ2) is 18.2. The van der Waals surface area contributed by atoms with Crippen LogP contribution in [0.4, 0.5) is 0 Å². The summed E-state index contributed by atoms with van der Waals surface area (Å²) >= 11 is 14.1. The molecular weight excluding hydrogens is 581 g/mol. The molecule has 0 saturated carbocycles. The van der Waals surface area contributed by atoms with Crippen LogP contribution < -0.4 is 0 Å². The van der Waals surface area contributed by atoms with Crippen molar-refractivity contribution in [1.82, 2.24) is 9.80 Å². The fourth-order valence-corrected chi connectivity index (χ4v) is 7.66. The van der Waals surface area contributed by atoms with Gasteiger partial charge in [0.25, 0.3) is 0 Å². The molecule has 234 valence electrons.